The molecule has 1 fully saturated rings. The second-order valence-corrected chi connectivity index (χ2v) is 9.77. The van der Waals surface area contributed by atoms with Gasteiger partial charge in [-0.05, 0) is 54.8 Å². The van der Waals surface area contributed by atoms with Crippen molar-refractivity contribution >= 4 is 40.7 Å². The Labute approximate surface area is 210 Å². The Balaban J connectivity index is 1.27. The van der Waals surface area contributed by atoms with Gasteiger partial charge >= 0.3 is 0 Å². The Morgan fingerprint density at radius 1 is 1.00 bits per heavy atom. The Morgan fingerprint density at radius 2 is 1.86 bits per heavy atom. The number of nitrogens with one attached hydrogen (secondary N) is 1. The molecule has 0 aliphatic carbocycles. The van der Waals surface area contributed by atoms with Crippen molar-refractivity contribution in [2.45, 2.75) is 26.4 Å². The molecule has 6 rings (SSSR count). The van der Waals surface area contributed by atoms with Gasteiger partial charge in [0.1, 0.15) is 11.0 Å². The Bertz CT molecular complexity index is 1400. The fourth-order valence-corrected chi connectivity index (χ4v) is 5.21. The number of nitrogens with zero attached hydrogens (tertiary/aromatic N) is 6. The lowest BCUT2D eigenvalue weighted by Crippen LogP contribution is -2.48. The molecule has 35 heavy (non-hydrogen) atoms. The zero-order valence-electron chi connectivity index (χ0n) is 19.9. The Hall–Kier alpha value is -3.42. The number of hydrogen-bond acceptors (Lipinski definition) is 6. The van der Waals surface area contributed by atoms with Gasteiger partial charge in [0.2, 0.25) is 0 Å². The molecule has 178 valence electrons. The predicted molar refractivity (Wildman–Crippen MR) is 143 cm³/mol. The molecule has 0 spiro atoms. The van der Waals surface area contributed by atoms with Gasteiger partial charge in [0.25, 0.3) is 0 Å². The first-order valence-electron chi connectivity index (χ1n) is 12.1. The fourth-order valence-electron chi connectivity index (χ4n) is 4.91. The molecular weight excluding hydrogens is 458 g/mol. The fraction of sp³-hybridized carbons (Fsp3) is 0.296. The summed E-state index contributed by atoms with van der Waals surface area (Å²) in [7, 11) is 0. The lowest BCUT2D eigenvalue weighted by Gasteiger charge is -2.38. The van der Waals surface area contributed by atoms with Crippen LogP contribution in [0.3, 0.4) is 0 Å². The summed E-state index contributed by atoms with van der Waals surface area (Å²) < 4.78 is 1.91. The Morgan fingerprint density at radius 3 is 2.63 bits per heavy atom. The third kappa shape index (κ3) is 4.15. The highest BCUT2D eigenvalue weighted by Crippen LogP contribution is 2.35. The van der Waals surface area contributed by atoms with E-state index in [0.717, 1.165) is 60.1 Å². The molecule has 1 saturated heterocycles. The van der Waals surface area contributed by atoms with E-state index in [-0.39, 0.29) is 0 Å². The van der Waals surface area contributed by atoms with Crippen LogP contribution in [0.15, 0.2) is 60.0 Å². The molecular formula is C27H28ClN7. The zero-order chi connectivity index (χ0) is 23.9. The summed E-state index contributed by atoms with van der Waals surface area (Å²) in [6, 6.07) is 13.2. The van der Waals surface area contributed by atoms with Crippen LogP contribution in [0, 0.1) is 0 Å². The first-order valence-corrected chi connectivity index (χ1v) is 12.5. The highest BCUT2D eigenvalue weighted by Gasteiger charge is 2.20. The molecule has 7 nitrogen and oxygen atoms in total. The van der Waals surface area contributed by atoms with Crippen LogP contribution in [0.2, 0.25) is 5.15 Å². The van der Waals surface area contributed by atoms with Crippen molar-refractivity contribution < 1.29 is 0 Å². The van der Waals surface area contributed by atoms with E-state index in [4.69, 9.17) is 16.6 Å². The SMILES string of the molecule is CC(C)N1CCN(c2ccc(Nc3cc(-c4ccc5c(c4)CN=C5)c(Cl)n4ccnc34)nc2)CC1. The molecule has 4 aromatic rings. The van der Waals surface area contributed by atoms with Crippen LogP contribution in [-0.4, -0.2) is 57.7 Å². The number of anilines is 3. The van der Waals surface area contributed by atoms with Crippen LogP contribution in [0.1, 0.15) is 25.0 Å². The summed E-state index contributed by atoms with van der Waals surface area (Å²) in [6.07, 6.45) is 7.52. The van der Waals surface area contributed by atoms with Gasteiger partial charge in [0.15, 0.2) is 5.65 Å². The van der Waals surface area contributed by atoms with E-state index in [0.29, 0.717) is 17.7 Å². The first kappa shape index (κ1) is 22.1. The van der Waals surface area contributed by atoms with Gasteiger partial charge in [-0.3, -0.25) is 14.3 Å². The van der Waals surface area contributed by atoms with Crippen molar-refractivity contribution in [2.24, 2.45) is 4.99 Å². The summed E-state index contributed by atoms with van der Waals surface area (Å²) in [6.45, 7) is 9.43. The number of halogens is 1. The zero-order valence-corrected chi connectivity index (χ0v) is 20.7. The lowest BCUT2D eigenvalue weighted by molar-refractivity contribution is 0.209. The smallest absolute Gasteiger partial charge is 0.161 e. The van der Waals surface area contributed by atoms with Crippen LogP contribution >= 0.6 is 11.6 Å². The van der Waals surface area contributed by atoms with Crippen LogP contribution in [0.25, 0.3) is 16.8 Å². The van der Waals surface area contributed by atoms with Crippen molar-refractivity contribution in [1.82, 2.24) is 19.3 Å². The first-order chi connectivity index (χ1) is 17.1. The maximum Gasteiger partial charge on any atom is 0.161 e. The van der Waals surface area contributed by atoms with E-state index < -0.39 is 0 Å². The molecule has 8 heteroatoms. The minimum Gasteiger partial charge on any atom is -0.368 e. The molecule has 0 saturated carbocycles. The number of aliphatic imine (C=N–C) groups is 1. The van der Waals surface area contributed by atoms with E-state index in [1.807, 2.05) is 29.1 Å². The summed E-state index contributed by atoms with van der Waals surface area (Å²) in [5.41, 5.74) is 7.15. The van der Waals surface area contributed by atoms with E-state index >= 15 is 0 Å². The number of piperazine rings is 1. The van der Waals surface area contributed by atoms with Crippen molar-refractivity contribution in [1.29, 1.82) is 0 Å². The number of imidazole rings is 1. The predicted octanol–water partition coefficient (Wildman–Crippen LogP) is 5.26. The van der Waals surface area contributed by atoms with E-state index in [9.17, 15) is 0 Å². The number of hydrogen-bond donors (Lipinski definition) is 1. The molecule has 5 heterocycles. The summed E-state index contributed by atoms with van der Waals surface area (Å²) in [5, 5.41) is 4.10. The molecule has 3 aromatic heterocycles. The summed E-state index contributed by atoms with van der Waals surface area (Å²) >= 11 is 6.82. The second-order valence-electron chi connectivity index (χ2n) is 9.41. The molecule has 1 N–H and O–H groups in total. The average Bonchev–Trinajstić information content (AvgIpc) is 3.56. The number of fused-ring (bicyclic) bond motifs is 2. The minimum absolute atomic E-state index is 0.593. The molecule has 2 aliphatic rings. The minimum atomic E-state index is 0.593. The van der Waals surface area contributed by atoms with E-state index in [1.54, 1.807) is 6.20 Å². The second kappa shape index (κ2) is 8.98. The van der Waals surface area contributed by atoms with Gasteiger partial charge in [-0.2, -0.15) is 0 Å². The number of benzene rings is 1. The molecule has 0 atom stereocenters. The van der Waals surface area contributed by atoms with Crippen molar-refractivity contribution in [3.63, 3.8) is 0 Å². The average molecular weight is 486 g/mol. The molecule has 0 unspecified atom stereocenters. The summed E-state index contributed by atoms with van der Waals surface area (Å²) in [4.78, 5) is 18.5. The summed E-state index contributed by atoms with van der Waals surface area (Å²) in [5.74, 6) is 0.773. The molecule has 0 bridgehead atoms. The van der Waals surface area contributed by atoms with Crippen molar-refractivity contribution in [2.75, 3.05) is 36.4 Å². The van der Waals surface area contributed by atoms with Crippen LogP contribution in [0.5, 0.6) is 0 Å². The standard InChI is InChI=1S/C27H28ClN7/c1-18(2)33-9-11-34(12-10-33)22-5-6-25(31-17-22)32-24-14-23(26(28)35-8-7-30-27(24)35)19-3-4-20-15-29-16-21(20)13-19/h3-8,13-15,17-18H,9-12,16H2,1-2H3,(H,31,32). The normalized spacial score (nSPS) is 15.8. The van der Waals surface area contributed by atoms with Crippen LogP contribution in [0.4, 0.5) is 17.2 Å². The number of aromatic nitrogens is 3. The number of rotatable bonds is 5. The highest BCUT2D eigenvalue weighted by atomic mass is 35.5. The van der Waals surface area contributed by atoms with Gasteiger partial charge in [-0.1, -0.05) is 23.7 Å². The molecule has 0 radical (unpaired) electrons. The van der Waals surface area contributed by atoms with Crippen LogP contribution in [-0.2, 0) is 6.54 Å². The van der Waals surface area contributed by atoms with Gasteiger partial charge in [-0.25, -0.2) is 9.97 Å². The monoisotopic (exact) mass is 485 g/mol. The topological polar surface area (TPSA) is 61.1 Å². The highest BCUT2D eigenvalue weighted by molar-refractivity contribution is 6.32. The quantitative estimate of drug-likeness (QED) is 0.391. The van der Waals surface area contributed by atoms with Gasteiger partial charge in [0, 0.05) is 56.4 Å². The maximum absolute atomic E-state index is 6.82. The third-order valence-electron chi connectivity index (χ3n) is 6.97. The van der Waals surface area contributed by atoms with Gasteiger partial charge < -0.3 is 10.2 Å². The molecule has 1 aromatic carbocycles. The Kier molecular flexibility index (Phi) is 5.66. The molecule has 0 amide bonds. The van der Waals surface area contributed by atoms with Crippen molar-refractivity contribution in [3.8, 4) is 11.1 Å². The third-order valence-corrected chi connectivity index (χ3v) is 7.36. The molecule has 2 aliphatic heterocycles. The van der Waals surface area contributed by atoms with Crippen molar-refractivity contribution in [3.05, 3.63) is 71.3 Å². The van der Waals surface area contributed by atoms with Gasteiger partial charge in [-0.15, -0.1) is 0 Å². The van der Waals surface area contributed by atoms with E-state index in [2.05, 4.69) is 69.3 Å². The number of pyridine rings is 2. The van der Waals surface area contributed by atoms with Crippen LogP contribution < -0.4 is 10.2 Å². The van der Waals surface area contributed by atoms with E-state index in [1.165, 1.54) is 11.1 Å². The lowest BCUT2D eigenvalue weighted by atomic mass is 10.0. The van der Waals surface area contributed by atoms with Gasteiger partial charge in [0.05, 0.1) is 24.1 Å². The maximum atomic E-state index is 6.82. The largest absolute Gasteiger partial charge is 0.368 e.